The van der Waals surface area contributed by atoms with E-state index in [-0.39, 0.29) is 0 Å². The maximum absolute atomic E-state index is 10.9. The molecule has 0 bridgehead atoms. The first-order chi connectivity index (χ1) is 9.44. The van der Waals surface area contributed by atoms with E-state index in [4.69, 9.17) is 16.7 Å². The van der Waals surface area contributed by atoms with Crippen LogP contribution in [-0.2, 0) is 16.8 Å². The van der Waals surface area contributed by atoms with Gasteiger partial charge in [0, 0.05) is 24.7 Å². The standard InChI is InChI=1S/C13H20ClN3O2S/c14-13-6-2-1-5-12(13)10-17-7-3-4-11(9-17)8-16-20(15,18)19/h1-2,5-6,11,16H,3-4,7-10H2,(H2,15,18,19). The lowest BCUT2D eigenvalue weighted by molar-refractivity contribution is 0.169. The molecule has 0 amide bonds. The van der Waals surface area contributed by atoms with E-state index in [2.05, 4.69) is 9.62 Å². The van der Waals surface area contributed by atoms with E-state index in [0.29, 0.717) is 12.5 Å². The van der Waals surface area contributed by atoms with E-state index >= 15 is 0 Å². The maximum atomic E-state index is 10.9. The van der Waals surface area contributed by atoms with Crippen LogP contribution in [0, 0.1) is 5.92 Å². The van der Waals surface area contributed by atoms with Crippen molar-refractivity contribution in [3.8, 4) is 0 Å². The summed E-state index contributed by atoms with van der Waals surface area (Å²) in [5, 5.41) is 5.74. The Hall–Kier alpha value is -0.660. The van der Waals surface area contributed by atoms with Crippen molar-refractivity contribution in [2.75, 3.05) is 19.6 Å². The van der Waals surface area contributed by atoms with Crippen molar-refractivity contribution in [1.82, 2.24) is 9.62 Å². The molecule has 112 valence electrons. The highest BCUT2D eigenvalue weighted by Crippen LogP contribution is 2.21. The fourth-order valence-electron chi connectivity index (χ4n) is 2.56. The highest BCUT2D eigenvalue weighted by molar-refractivity contribution is 7.87. The minimum Gasteiger partial charge on any atom is -0.299 e. The number of nitrogens with two attached hydrogens (primary N) is 1. The molecule has 2 rings (SSSR count). The van der Waals surface area contributed by atoms with Crippen LogP contribution in [-0.4, -0.2) is 33.0 Å². The number of hydrogen-bond acceptors (Lipinski definition) is 3. The van der Waals surface area contributed by atoms with Gasteiger partial charge in [-0.05, 0) is 36.9 Å². The van der Waals surface area contributed by atoms with Gasteiger partial charge in [0.1, 0.15) is 0 Å². The molecule has 1 atom stereocenters. The Bertz CT molecular complexity index is 550. The number of piperidine rings is 1. The second-order valence-electron chi connectivity index (χ2n) is 5.23. The minimum atomic E-state index is -3.60. The monoisotopic (exact) mass is 317 g/mol. The number of halogens is 1. The number of nitrogens with zero attached hydrogens (tertiary/aromatic N) is 1. The Labute approximate surface area is 125 Å². The van der Waals surface area contributed by atoms with Crippen molar-refractivity contribution in [2.24, 2.45) is 11.1 Å². The van der Waals surface area contributed by atoms with E-state index in [1.165, 1.54) is 0 Å². The fourth-order valence-corrected chi connectivity index (χ4v) is 3.23. The van der Waals surface area contributed by atoms with Crippen LogP contribution in [0.25, 0.3) is 0 Å². The van der Waals surface area contributed by atoms with E-state index in [1.54, 1.807) is 0 Å². The van der Waals surface area contributed by atoms with Gasteiger partial charge in [-0.15, -0.1) is 0 Å². The first-order valence-electron chi connectivity index (χ1n) is 6.67. The SMILES string of the molecule is NS(=O)(=O)NCC1CCCN(Cc2ccccc2Cl)C1. The van der Waals surface area contributed by atoms with Crippen LogP contribution < -0.4 is 9.86 Å². The normalized spacial score (nSPS) is 21.0. The van der Waals surface area contributed by atoms with Crippen molar-refractivity contribution in [3.63, 3.8) is 0 Å². The molecule has 1 aromatic rings. The van der Waals surface area contributed by atoms with Crippen molar-refractivity contribution >= 4 is 21.8 Å². The zero-order chi connectivity index (χ0) is 14.6. The molecular weight excluding hydrogens is 298 g/mol. The van der Waals surface area contributed by atoms with Crippen LogP contribution in [0.3, 0.4) is 0 Å². The first kappa shape index (κ1) is 15.7. The highest BCUT2D eigenvalue weighted by Gasteiger charge is 2.21. The number of rotatable bonds is 5. The molecule has 1 saturated heterocycles. The third-order valence-electron chi connectivity index (χ3n) is 3.53. The van der Waals surface area contributed by atoms with Gasteiger partial charge in [-0.1, -0.05) is 29.8 Å². The fraction of sp³-hybridized carbons (Fsp3) is 0.538. The molecule has 7 heteroatoms. The molecule has 1 fully saturated rings. The number of benzene rings is 1. The Morgan fingerprint density at radius 1 is 1.40 bits per heavy atom. The van der Waals surface area contributed by atoms with Crippen molar-refractivity contribution < 1.29 is 8.42 Å². The topological polar surface area (TPSA) is 75.4 Å². The van der Waals surface area contributed by atoms with Gasteiger partial charge in [-0.25, -0.2) is 9.86 Å². The van der Waals surface area contributed by atoms with Gasteiger partial charge in [-0.3, -0.25) is 4.90 Å². The molecular formula is C13H20ClN3O2S. The molecule has 3 N–H and O–H groups in total. The molecule has 1 heterocycles. The summed E-state index contributed by atoms with van der Waals surface area (Å²) >= 11 is 6.17. The molecule has 0 aromatic heterocycles. The average molecular weight is 318 g/mol. The molecule has 0 saturated carbocycles. The Morgan fingerprint density at radius 2 is 2.15 bits per heavy atom. The van der Waals surface area contributed by atoms with Gasteiger partial charge in [0.15, 0.2) is 0 Å². The maximum Gasteiger partial charge on any atom is 0.274 e. The predicted octanol–water partition coefficient (Wildman–Crippen LogP) is 1.35. The summed E-state index contributed by atoms with van der Waals surface area (Å²) in [7, 11) is -3.60. The van der Waals surface area contributed by atoms with Crippen molar-refractivity contribution in [2.45, 2.75) is 19.4 Å². The summed E-state index contributed by atoms with van der Waals surface area (Å²) in [4.78, 5) is 2.31. The summed E-state index contributed by atoms with van der Waals surface area (Å²) in [5.74, 6) is 0.296. The van der Waals surface area contributed by atoms with Gasteiger partial charge in [0.2, 0.25) is 0 Å². The first-order valence-corrected chi connectivity index (χ1v) is 8.59. The number of nitrogens with one attached hydrogen (secondary N) is 1. The lowest BCUT2D eigenvalue weighted by Crippen LogP contribution is -2.42. The lowest BCUT2D eigenvalue weighted by Gasteiger charge is -2.32. The zero-order valence-electron chi connectivity index (χ0n) is 11.3. The molecule has 0 radical (unpaired) electrons. The van der Waals surface area contributed by atoms with E-state index in [1.807, 2.05) is 24.3 Å². The summed E-state index contributed by atoms with van der Waals surface area (Å²) in [6, 6.07) is 7.81. The Balaban J connectivity index is 1.89. The van der Waals surface area contributed by atoms with Crippen LogP contribution in [0.5, 0.6) is 0 Å². The zero-order valence-corrected chi connectivity index (χ0v) is 12.8. The van der Waals surface area contributed by atoms with Crippen LogP contribution in [0.15, 0.2) is 24.3 Å². The van der Waals surface area contributed by atoms with Gasteiger partial charge in [0.25, 0.3) is 10.2 Å². The predicted molar refractivity (Wildman–Crippen MR) is 80.6 cm³/mol. The molecule has 0 aliphatic carbocycles. The van der Waals surface area contributed by atoms with Crippen LogP contribution in [0.4, 0.5) is 0 Å². The Kier molecular flexibility index (Phi) is 5.40. The van der Waals surface area contributed by atoms with E-state index in [9.17, 15) is 8.42 Å². The second kappa shape index (κ2) is 6.87. The van der Waals surface area contributed by atoms with Crippen molar-refractivity contribution in [3.05, 3.63) is 34.9 Å². The third kappa shape index (κ3) is 5.03. The average Bonchev–Trinajstić information content (AvgIpc) is 2.39. The van der Waals surface area contributed by atoms with E-state index < -0.39 is 10.2 Å². The van der Waals surface area contributed by atoms with Crippen LogP contribution in [0.1, 0.15) is 18.4 Å². The molecule has 0 spiro atoms. The summed E-state index contributed by atoms with van der Waals surface area (Å²) in [5.41, 5.74) is 1.11. The van der Waals surface area contributed by atoms with Crippen LogP contribution in [0.2, 0.25) is 5.02 Å². The Morgan fingerprint density at radius 3 is 2.85 bits per heavy atom. The molecule has 5 nitrogen and oxygen atoms in total. The van der Waals surface area contributed by atoms with Crippen molar-refractivity contribution in [1.29, 1.82) is 0 Å². The number of hydrogen-bond donors (Lipinski definition) is 2. The van der Waals surface area contributed by atoms with Gasteiger partial charge in [-0.2, -0.15) is 8.42 Å². The molecule has 1 aliphatic heterocycles. The van der Waals surface area contributed by atoms with Gasteiger partial charge in [0.05, 0.1) is 0 Å². The highest BCUT2D eigenvalue weighted by atomic mass is 35.5. The summed E-state index contributed by atoms with van der Waals surface area (Å²) < 4.78 is 24.2. The second-order valence-corrected chi connectivity index (χ2v) is 7.01. The quantitative estimate of drug-likeness (QED) is 0.860. The van der Waals surface area contributed by atoms with E-state index in [0.717, 1.165) is 43.1 Å². The molecule has 20 heavy (non-hydrogen) atoms. The smallest absolute Gasteiger partial charge is 0.274 e. The molecule has 1 aliphatic rings. The van der Waals surface area contributed by atoms with Crippen LogP contribution >= 0.6 is 11.6 Å². The minimum absolute atomic E-state index is 0.296. The lowest BCUT2D eigenvalue weighted by atomic mass is 9.98. The third-order valence-corrected chi connectivity index (χ3v) is 4.47. The largest absolute Gasteiger partial charge is 0.299 e. The van der Waals surface area contributed by atoms with Gasteiger partial charge < -0.3 is 0 Å². The van der Waals surface area contributed by atoms with Gasteiger partial charge >= 0.3 is 0 Å². The summed E-state index contributed by atoms with van der Waals surface area (Å²) in [6.45, 7) is 3.06. The summed E-state index contributed by atoms with van der Waals surface area (Å²) in [6.07, 6.45) is 2.07. The molecule has 1 unspecified atom stereocenters. The molecule has 1 aromatic carbocycles. The number of likely N-dealkylation sites (tertiary alicyclic amines) is 1.